The molecule has 1 fully saturated rings. The summed E-state index contributed by atoms with van der Waals surface area (Å²) in [4.78, 5) is 2.17. The zero-order chi connectivity index (χ0) is 12.5. The summed E-state index contributed by atoms with van der Waals surface area (Å²) < 4.78 is 0. The molecule has 0 aromatic heterocycles. The largest absolute Gasteiger partial charge is 0.377 e. The van der Waals surface area contributed by atoms with Gasteiger partial charge in [0, 0.05) is 25.3 Å². The molecule has 1 aliphatic rings. The fourth-order valence-corrected chi connectivity index (χ4v) is 2.87. The summed E-state index contributed by atoms with van der Waals surface area (Å²) in [7, 11) is 4.19. The molecular weight excluding hydrogens is 208 g/mol. The van der Waals surface area contributed by atoms with Gasteiger partial charge < -0.3 is 10.6 Å². The van der Waals surface area contributed by atoms with Crippen molar-refractivity contribution in [3.05, 3.63) is 29.3 Å². The third-order valence-electron chi connectivity index (χ3n) is 4.01. The Labute approximate surface area is 105 Å². The minimum atomic E-state index is -0.0866. The molecule has 2 N–H and O–H groups in total. The lowest BCUT2D eigenvalue weighted by Crippen LogP contribution is -2.38. The van der Waals surface area contributed by atoms with Gasteiger partial charge in [0.05, 0.1) is 0 Å². The number of nitrogens with zero attached hydrogens (tertiary/aromatic N) is 1. The highest BCUT2D eigenvalue weighted by Gasteiger charge is 2.29. The van der Waals surface area contributed by atoms with Gasteiger partial charge in [0.1, 0.15) is 0 Å². The highest BCUT2D eigenvalue weighted by Crippen LogP contribution is 2.36. The van der Waals surface area contributed by atoms with Gasteiger partial charge in [-0.3, -0.25) is 0 Å². The number of hydrogen-bond donors (Lipinski definition) is 1. The maximum absolute atomic E-state index is 6.58. The van der Waals surface area contributed by atoms with Crippen LogP contribution in [0.1, 0.15) is 43.2 Å². The molecule has 0 radical (unpaired) electrons. The van der Waals surface area contributed by atoms with Crippen LogP contribution >= 0.6 is 0 Å². The number of rotatable bonds is 2. The van der Waals surface area contributed by atoms with Crippen LogP contribution in [0.15, 0.2) is 18.2 Å². The summed E-state index contributed by atoms with van der Waals surface area (Å²) >= 11 is 0. The molecule has 94 valence electrons. The van der Waals surface area contributed by atoms with E-state index in [0.29, 0.717) is 0 Å². The molecule has 2 heteroatoms. The molecule has 1 aliphatic carbocycles. The molecular formula is C15H24N2. The van der Waals surface area contributed by atoms with Crippen molar-refractivity contribution in [2.24, 2.45) is 5.73 Å². The van der Waals surface area contributed by atoms with E-state index in [9.17, 15) is 0 Å². The van der Waals surface area contributed by atoms with E-state index in [4.69, 9.17) is 5.73 Å². The van der Waals surface area contributed by atoms with Crippen LogP contribution in [0.4, 0.5) is 5.69 Å². The van der Waals surface area contributed by atoms with E-state index < -0.39 is 0 Å². The molecule has 0 unspecified atom stereocenters. The van der Waals surface area contributed by atoms with Crippen LogP contribution in [-0.2, 0) is 5.54 Å². The van der Waals surface area contributed by atoms with E-state index in [2.05, 4.69) is 44.1 Å². The van der Waals surface area contributed by atoms with Gasteiger partial charge in [-0.1, -0.05) is 31.4 Å². The summed E-state index contributed by atoms with van der Waals surface area (Å²) in [6.45, 7) is 2.16. The highest BCUT2D eigenvalue weighted by molar-refractivity contribution is 5.55. The molecule has 1 aromatic carbocycles. The Morgan fingerprint density at radius 2 is 1.76 bits per heavy atom. The van der Waals surface area contributed by atoms with E-state index >= 15 is 0 Å². The molecule has 1 saturated carbocycles. The predicted octanol–water partition coefficient (Wildman–Crippen LogP) is 3.18. The van der Waals surface area contributed by atoms with Gasteiger partial charge in [-0.2, -0.15) is 0 Å². The normalized spacial score (nSPS) is 19.1. The minimum Gasteiger partial charge on any atom is -0.377 e. The first-order valence-electron chi connectivity index (χ1n) is 6.60. The van der Waals surface area contributed by atoms with Crippen LogP contribution in [0, 0.1) is 6.92 Å². The van der Waals surface area contributed by atoms with Crippen molar-refractivity contribution in [3.8, 4) is 0 Å². The van der Waals surface area contributed by atoms with E-state index in [-0.39, 0.29) is 5.54 Å². The maximum Gasteiger partial charge on any atom is 0.0410 e. The van der Waals surface area contributed by atoms with Crippen molar-refractivity contribution in [2.45, 2.75) is 44.6 Å². The molecule has 0 aliphatic heterocycles. The number of nitrogens with two attached hydrogens (primary N) is 1. The van der Waals surface area contributed by atoms with Crippen molar-refractivity contribution in [3.63, 3.8) is 0 Å². The molecule has 0 atom stereocenters. The molecule has 0 saturated heterocycles. The molecule has 0 bridgehead atoms. The van der Waals surface area contributed by atoms with Crippen molar-refractivity contribution in [1.29, 1.82) is 0 Å². The Morgan fingerprint density at radius 3 is 2.35 bits per heavy atom. The van der Waals surface area contributed by atoms with E-state index in [1.54, 1.807) is 0 Å². The van der Waals surface area contributed by atoms with Crippen LogP contribution in [0.3, 0.4) is 0 Å². The van der Waals surface area contributed by atoms with Crippen molar-refractivity contribution in [2.75, 3.05) is 19.0 Å². The molecule has 0 spiro atoms. The second-order valence-electron chi connectivity index (χ2n) is 5.61. The second kappa shape index (κ2) is 4.69. The number of benzene rings is 1. The van der Waals surface area contributed by atoms with E-state index in [0.717, 1.165) is 12.8 Å². The van der Waals surface area contributed by atoms with Crippen LogP contribution in [-0.4, -0.2) is 14.1 Å². The lowest BCUT2D eigenvalue weighted by molar-refractivity contribution is 0.302. The van der Waals surface area contributed by atoms with E-state index in [1.807, 2.05) is 0 Å². The van der Waals surface area contributed by atoms with Gasteiger partial charge in [-0.15, -0.1) is 0 Å². The Hall–Kier alpha value is -1.02. The average Bonchev–Trinajstić information content (AvgIpc) is 2.30. The predicted molar refractivity (Wildman–Crippen MR) is 74.5 cm³/mol. The fraction of sp³-hybridized carbons (Fsp3) is 0.600. The zero-order valence-electron chi connectivity index (χ0n) is 11.3. The monoisotopic (exact) mass is 232 g/mol. The van der Waals surface area contributed by atoms with Gasteiger partial charge in [0.25, 0.3) is 0 Å². The fourth-order valence-electron chi connectivity index (χ4n) is 2.87. The van der Waals surface area contributed by atoms with Crippen LogP contribution in [0.5, 0.6) is 0 Å². The number of anilines is 1. The lowest BCUT2D eigenvalue weighted by atomic mass is 9.77. The van der Waals surface area contributed by atoms with E-state index in [1.165, 1.54) is 36.1 Å². The van der Waals surface area contributed by atoms with Crippen molar-refractivity contribution >= 4 is 5.69 Å². The summed E-state index contributed by atoms with van der Waals surface area (Å²) in [5.41, 5.74) is 10.4. The SMILES string of the molecule is Cc1ccc(C2(N)CCCCC2)cc1N(C)C. The van der Waals surface area contributed by atoms with Gasteiger partial charge >= 0.3 is 0 Å². The van der Waals surface area contributed by atoms with Gasteiger partial charge in [-0.05, 0) is 37.0 Å². The first-order valence-corrected chi connectivity index (χ1v) is 6.60. The summed E-state index contributed by atoms with van der Waals surface area (Å²) in [6, 6.07) is 6.70. The molecule has 1 aromatic rings. The Morgan fingerprint density at radius 1 is 1.12 bits per heavy atom. The number of hydrogen-bond acceptors (Lipinski definition) is 2. The number of aryl methyl sites for hydroxylation is 1. The van der Waals surface area contributed by atoms with Crippen molar-refractivity contribution in [1.82, 2.24) is 0 Å². The second-order valence-corrected chi connectivity index (χ2v) is 5.61. The highest BCUT2D eigenvalue weighted by atomic mass is 15.1. The third-order valence-corrected chi connectivity index (χ3v) is 4.01. The minimum absolute atomic E-state index is 0.0866. The van der Waals surface area contributed by atoms with Crippen LogP contribution in [0.2, 0.25) is 0 Å². The average molecular weight is 232 g/mol. The first kappa shape index (κ1) is 12.4. The zero-order valence-corrected chi connectivity index (χ0v) is 11.3. The first-order chi connectivity index (χ1) is 8.03. The Bertz CT molecular complexity index is 390. The third kappa shape index (κ3) is 2.47. The topological polar surface area (TPSA) is 29.3 Å². The smallest absolute Gasteiger partial charge is 0.0410 e. The summed E-state index contributed by atoms with van der Waals surface area (Å²) in [5.74, 6) is 0. The van der Waals surface area contributed by atoms with Gasteiger partial charge in [0.2, 0.25) is 0 Å². The summed E-state index contributed by atoms with van der Waals surface area (Å²) in [5, 5.41) is 0. The standard InChI is InChI=1S/C15H24N2/c1-12-7-8-13(11-14(12)17(2)3)15(16)9-5-4-6-10-15/h7-8,11H,4-6,9-10,16H2,1-3H3. The molecule has 0 amide bonds. The van der Waals surface area contributed by atoms with Gasteiger partial charge in [0.15, 0.2) is 0 Å². The molecule has 2 nitrogen and oxygen atoms in total. The van der Waals surface area contributed by atoms with Crippen LogP contribution in [0.25, 0.3) is 0 Å². The molecule has 2 rings (SSSR count). The van der Waals surface area contributed by atoms with Crippen LogP contribution < -0.4 is 10.6 Å². The molecule has 17 heavy (non-hydrogen) atoms. The Kier molecular flexibility index (Phi) is 3.43. The summed E-state index contributed by atoms with van der Waals surface area (Å²) in [6.07, 6.45) is 6.13. The molecule has 0 heterocycles. The quantitative estimate of drug-likeness (QED) is 0.848. The van der Waals surface area contributed by atoms with Gasteiger partial charge in [-0.25, -0.2) is 0 Å². The van der Waals surface area contributed by atoms with Crippen molar-refractivity contribution < 1.29 is 0 Å². The lowest BCUT2D eigenvalue weighted by Gasteiger charge is -2.34. The Balaban J connectivity index is 2.35. The maximum atomic E-state index is 6.58.